The maximum atomic E-state index is 13.1. The van der Waals surface area contributed by atoms with Crippen LogP contribution in [0.1, 0.15) is 48.5 Å². The number of furan rings is 1. The lowest BCUT2D eigenvalue weighted by Crippen LogP contribution is -2.02. The molecule has 30 heavy (non-hydrogen) atoms. The van der Waals surface area contributed by atoms with Crippen LogP contribution in [0.4, 0.5) is 5.69 Å². The quantitative estimate of drug-likeness (QED) is 0.313. The number of nitrogens with two attached hydrogens (primary N) is 1. The van der Waals surface area contributed by atoms with E-state index in [1.165, 1.54) is 12.8 Å². The summed E-state index contributed by atoms with van der Waals surface area (Å²) < 4.78 is 11.6. The Hall–Kier alpha value is -3.68. The lowest BCUT2D eigenvalue weighted by Gasteiger charge is -2.07. The van der Waals surface area contributed by atoms with Crippen molar-refractivity contribution in [2.24, 2.45) is 0 Å². The molecule has 0 spiro atoms. The van der Waals surface area contributed by atoms with Crippen LogP contribution in [-0.4, -0.2) is 33.0 Å². The Balaban J connectivity index is 1.55. The first-order valence-electron chi connectivity index (χ1n) is 10.0. The minimum atomic E-state index is -0.163. The number of fused-ring (bicyclic) bond motifs is 1. The maximum absolute atomic E-state index is 13.1. The van der Waals surface area contributed by atoms with Gasteiger partial charge in [-0.25, -0.2) is 0 Å². The van der Waals surface area contributed by atoms with Crippen LogP contribution < -0.4 is 10.5 Å². The third kappa shape index (κ3) is 3.89. The molecular formula is C22H23N5O3. The molecule has 0 amide bonds. The standard InChI is InChI=1S/C22H23N5O3/c1-2-3-4-5-13-29-15-11-9-14(10-12-15)19(28)17-8-6-7-16-18(23)21(30-20(16)17)22-24-26-27-25-22/h6-12H,2-5,13,23H2,1H3,(H,24,25,26,27). The van der Waals surface area contributed by atoms with E-state index in [0.717, 1.165) is 18.6 Å². The number of anilines is 1. The number of hydrogen-bond acceptors (Lipinski definition) is 7. The minimum Gasteiger partial charge on any atom is -0.494 e. The number of nitrogens with zero attached hydrogens (tertiary/aromatic N) is 3. The number of rotatable bonds is 9. The van der Waals surface area contributed by atoms with Gasteiger partial charge in [0.1, 0.15) is 11.3 Å². The predicted molar refractivity (Wildman–Crippen MR) is 113 cm³/mol. The molecule has 4 rings (SSSR count). The van der Waals surface area contributed by atoms with Crippen molar-refractivity contribution in [3.8, 4) is 17.3 Å². The highest BCUT2D eigenvalue weighted by Gasteiger charge is 2.22. The largest absolute Gasteiger partial charge is 0.494 e. The molecule has 0 aliphatic heterocycles. The van der Waals surface area contributed by atoms with Gasteiger partial charge in [0.25, 0.3) is 0 Å². The normalized spacial score (nSPS) is 11.1. The van der Waals surface area contributed by atoms with E-state index >= 15 is 0 Å². The molecule has 3 N–H and O–H groups in total. The van der Waals surface area contributed by atoms with Crippen LogP contribution in [0.3, 0.4) is 0 Å². The fourth-order valence-corrected chi connectivity index (χ4v) is 3.32. The first kappa shape index (κ1) is 19.6. The van der Waals surface area contributed by atoms with Gasteiger partial charge in [-0.3, -0.25) is 4.79 Å². The van der Waals surface area contributed by atoms with Crippen LogP contribution >= 0.6 is 0 Å². The van der Waals surface area contributed by atoms with Crippen molar-refractivity contribution < 1.29 is 13.9 Å². The van der Waals surface area contributed by atoms with E-state index in [2.05, 4.69) is 27.5 Å². The van der Waals surface area contributed by atoms with Gasteiger partial charge in [-0.15, -0.1) is 10.2 Å². The molecule has 0 aliphatic carbocycles. The highest BCUT2D eigenvalue weighted by atomic mass is 16.5. The summed E-state index contributed by atoms with van der Waals surface area (Å²) in [7, 11) is 0. The molecule has 2 aromatic carbocycles. The average molecular weight is 405 g/mol. The second kappa shape index (κ2) is 8.77. The smallest absolute Gasteiger partial charge is 0.241 e. The Morgan fingerprint density at radius 3 is 2.70 bits per heavy atom. The number of aromatic amines is 1. The zero-order valence-electron chi connectivity index (χ0n) is 16.7. The molecule has 0 radical (unpaired) electrons. The molecule has 0 bridgehead atoms. The van der Waals surface area contributed by atoms with E-state index in [4.69, 9.17) is 14.9 Å². The van der Waals surface area contributed by atoms with Crippen molar-refractivity contribution in [2.45, 2.75) is 32.6 Å². The average Bonchev–Trinajstić information content (AvgIpc) is 3.42. The number of ketones is 1. The molecule has 0 atom stereocenters. The van der Waals surface area contributed by atoms with Crippen LogP contribution in [0.25, 0.3) is 22.6 Å². The van der Waals surface area contributed by atoms with Gasteiger partial charge in [0.15, 0.2) is 11.5 Å². The van der Waals surface area contributed by atoms with Crippen molar-refractivity contribution in [2.75, 3.05) is 12.3 Å². The number of carbonyl (C=O) groups is 1. The number of para-hydroxylation sites is 1. The number of aromatic nitrogens is 4. The van der Waals surface area contributed by atoms with Gasteiger partial charge in [0, 0.05) is 10.9 Å². The monoisotopic (exact) mass is 405 g/mol. The Bertz CT molecular complexity index is 1130. The lowest BCUT2D eigenvalue weighted by atomic mass is 10.0. The summed E-state index contributed by atoms with van der Waals surface area (Å²) in [6.45, 7) is 2.86. The van der Waals surface area contributed by atoms with Gasteiger partial charge >= 0.3 is 0 Å². The van der Waals surface area contributed by atoms with E-state index in [0.29, 0.717) is 34.4 Å². The molecule has 0 saturated carbocycles. The number of H-pyrrole nitrogens is 1. The Morgan fingerprint density at radius 1 is 1.13 bits per heavy atom. The minimum absolute atomic E-state index is 0.163. The summed E-state index contributed by atoms with van der Waals surface area (Å²) in [5.74, 6) is 1.11. The van der Waals surface area contributed by atoms with E-state index in [1.807, 2.05) is 12.1 Å². The number of ether oxygens (including phenoxy) is 1. The van der Waals surface area contributed by atoms with E-state index in [9.17, 15) is 4.79 Å². The molecule has 0 fully saturated rings. The zero-order chi connectivity index (χ0) is 20.9. The van der Waals surface area contributed by atoms with Gasteiger partial charge < -0.3 is 14.9 Å². The van der Waals surface area contributed by atoms with Crippen LogP contribution in [0.2, 0.25) is 0 Å². The number of hydrogen-bond donors (Lipinski definition) is 2. The second-order valence-electron chi connectivity index (χ2n) is 7.03. The fraction of sp³-hybridized carbons (Fsp3) is 0.273. The molecule has 2 heterocycles. The van der Waals surface area contributed by atoms with Gasteiger partial charge in [-0.2, -0.15) is 5.21 Å². The summed E-state index contributed by atoms with van der Waals surface area (Å²) in [5, 5.41) is 14.3. The van der Waals surface area contributed by atoms with Crippen LogP contribution in [0.5, 0.6) is 5.75 Å². The number of tetrazole rings is 1. The molecule has 0 aliphatic rings. The van der Waals surface area contributed by atoms with Crippen molar-refractivity contribution in [3.05, 3.63) is 53.6 Å². The Kier molecular flexibility index (Phi) is 5.74. The molecule has 8 heteroatoms. The van der Waals surface area contributed by atoms with E-state index in [1.54, 1.807) is 30.3 Å². The number of nitrogens with one attached hydrogen (secondary N) is 1. The Labute approximate surface area is 173 Å². The fourth-order valence-electron chi connectivity index (χ4n) is 3.32. The highest BCUT2D eigenvalue weighted by Crippen LogP contribution is 2.36. The summed E-state index contributed by atoms with van der Waals surface area (Å²) in [6.07, 6.45) is 4.60. The summed E-state index contributed by atoms with van der Waals surface area (Å²) in [6, 6.07) is 12.4. The SMILES string of the molecule is CCCCCCOc1ccc(C(=O)c2cccc3c(N)c(-c4nn[nH]n4)oc23)cc1. The second-order valence-corrected chi connectivity index (χ2v) is 7.03. The van der Waals surface area contributed by atoms with Crippen molar-refractivity contribution in [1.29, 1.82) is 0 Å². The number of unbranched alkanes of at least 4 members (excludes halogenated alkanes) is 3. The summed E-state index contributed by atoms with van der Waals surface area (Å²) in [5.41, 5.74) is 7.92. The molecule has 154 valence electrons. The van der Waals surface area contributed by atoms with Crippen LogP contribution in [0, 0.1) is 0 Å². The summed E-state index contributed by atoms with van der Waals surface area (Å²) >= 11 is 0. The maximum Gasteiger partial charge on any atom is 0.241 e. The third-order valence-corrected chi connectivity index (χ3v) is 4.93. The number of benzene rings is 2. The van der Waals surface area contributed by atoms with E-state index < -0.39 is 0 Å². The van der Waals surface area contributed by atoms with Crippen LogP contribution in [0.15, 0.2) is 46.9 Å². The third-order valence-electron chi connectivity index (χ3n) is 4.93. The van der Waals surface area contributed by atoms with Gasteiger partial charge in [0.2, 0.25) is 5.82 Å². The van der Waals surface area contributed by atoms with Crippen molar-refractivity contribution >= 4 is 22.4 Å². The molecule has 4 aromatic rings. The molecule has 8 nitrogen and oxygen atoms in total. The molecule has 2 aromatic heterocycles. The topological polar surface area (TPSA) is 120 Å². The highest BCUT2D eigenvalue weighted by molar-refractivity contribution is 6.17. The van der Waals surface area contributed by atoms with E-state index in [-0.39, 0.29) is 17.4 Å². The van der Waals surface area contributed by atoms with Crippen molar-refractivity contribution in [1.82, 2.24) is 20.6 Å². The summed E-state index contributed by atoms with van der Waals surface area (Å²) in [4.78, 5) is 13.1. The van der Waals surface area contributed by atoms with Gasteiger partial charge in [0.05, 0.1) is 17.9 Å². The number of nitrogen functional groups attached to an aromatic ring is 1. The molecule has 0 unspecified atom stereocenters. The Morgan fingerprint density at radius 2 is 1.97 bits per heavy atom. The van der Waals surface area contributed by atoms with Crippen molar-refractivity contribution in [3.63, 3.8) is 0 Å². The first-order valence-corrected chi connectivity index (χ1v) is 10.0. The lowest BCUT2D eigenvalue weighted by molar-refractivity contribution is 0.103. The predicted octanol–water partition coefficient (Wildman–Crippen LogP) is 4.39. The molecular weight excluding hydrogens is 382 g/mol. The molecule has 0 saturated heterocycles. The zero-order valence-corrected chi connectivity index (χ0v) is 16.7. The first-order chi connectivity index (χ1) is 14.7. The van der Waals surface area contributed by atoms with Gasteiger partial charge in [-0.05, 0) is 48.0 Å². The van der Waals surface area contributed by atoms with Crippen LogP contribution in [-0.2, 0) is 0 Å². The van der Waals surface area contributed by atoms with Gasteiger partial charge in [-0.1, -0.05) is 32.3 Å². The number of carbonyl (C=O) groups excluding carboxylic acids is 1.